The fourth-order valence-electron chi connectivity index (χ4n) is 2.92. The Morgan fingerprint density at radius 2 is 1.69 bits per heavy atom. The molecule has 0 saturated heterocycles. The molecule has 0 aliphatic rings. The molecule has 2 aromatic carbocycles. The molecule has 182 valence electrons. The van der Waals surface area contributed by atoms with Crippen molar-refractivity contribution in [3.05, 3.63) is 77.6 Å². The third-order valence-electron chi connectivity index (χ3n) is 4.46. The van der Waals surface area contributed by atoms with Crippen molar-refractivity contribution in [3.8, 4) is 11.5 Å². The Morgan fingerprint density at radius 1 is 0.971 bits per heavy atom. The molecule has 0 atom stereocenters. The highest BCUT2D eigenvalue weighted by Gasteiger charge is 2.34. The van der Waals surface area contributed by atoms with Crippen molar-refractivity contribution in [1.82, 2.24) is 10.3 Å². The Bertz CT molecular complexity index is 1250. The molecule has 0 unspecified atom stereocenters. The summed E-state index contributed by atoms with van der Waals surface area (Å²) in [7, 11) is 0. The zero-order valence-electron chi connectivity index (χ0n) is 18.1. The van der Waals surface area contributed by atoms with E-state index in [1.54, 1.807) is 24.3 Å². The number of amides is 3. The quantitative estimate of drug-likeness (QED) is 0.376. The van der Waals surface area contributed by atoms with Gasteiger partial charge in [-0.05, 0) is 42.0 Å². The number of hydrogen-bond acceptors (Lipinski definition) is 5. The van der Waals surface area contributed by atoms with Gasteiger partial charge in [0.25, 0.3) is 0 Å². The fraction of sp³-hybridized carbons (Fsp3) is 0.130. The van der Waals surface area contributed by atoms with Crippen LogP contribution in [0, 0.1) is 0 Å². The van der Waals surface area contributed by atoms with Crippen molar-refractivity contribution in [3.63, 3.8) is 0 Å². The number of nitrogens with zero attached hydrogens (tertiary/aromatic N) is 1. The fourth-order valence-corrected chi connectivity index (χ4v) is 2.92. The first kappa shape index (κ1) is 25.0. The van der Waals surface area contributed by atoms with E-state index in [1.165, 1.54) is 24.4 Å². The Labute approximate surface area is 196 Å². The van der Waals surface area contributed by atoms with Crippen LogP contribution in [-0.4, -0.2) is 28.0 Å². The first-order valence-corrected chi connectivity index (χ1v) is 10.0. The highest BCUT2D eigenvalue weighted by molar-refractivity contribution is 5.92. The zero-order valence-corrected chi connectivity index (χ0v) is 18.1. The highest BCUT2D eigenvalue weighted by Crippen LogP contribution is 2.36. The van der Waals surface area contributed by atoms with E-state index in [-0.39, 0.29) is 23.7 Å². The summed E-state index contributed by atoms with van der Waals surface area (Å²) in [6.45, 7) is 1.16. The number of anilines is 2. The summed E-state index contributed by atoms with van der Waals surface area (Å²) in [6, 6.07) is 11.6. The number of aromatic nitrogens is 1. The average Bonchev–Trinajstić information content (AvgIpc) is 2.79. The number of alkyl halides is 3. The number of carbonyl (C=O) groups excluding carboxylic acids is 2. The molecule has 9 nitrogen and oxygen atoms in total. The first-order chi connectivity index (χ1) is 16.5. The van der Waals surface area contributed by atoms with Crippen LogP contribution < -0.4 is 20.7 Å². The SMILES string of the molecule is CC(=O)Nc1ccc(NC(=O)NCc2ccc(Oc3ccnc(C(=O)O)c3)cc2)cc1C(F)(F)F. The van der Waals surface area contributed by atoms with E-state index in [2.05, 4.69) is 20.9 Å². The molecule has 3 amide bonds. The minimum atomic E-state index is -4.73. The van der Waals surface area contributed by atoms with Gasteiger partial charge < -0.3 is 25.8 Å². The van der Waals surface area contributed by atoms with Crippen LogP contribution in [0.3, 0.4) is 0 Å². The van der Waals surface area contributed by atoms with E-state index in [9.17, 15) is 27.6 Å². The first-order valence-electron chi connectivity index (χ1n) is 10.0. The molecule has 0 saturated carbocycles. The normalized spacial score (nSPS) is 10.9. The minimum absolute atomic E-state index is 0.0701. The molecule has 12 heteroatoms. The molecule has 0 fully saturated rings. The van der Waals surface area contributed by atoms with Gasteiger partial charge in [0.05, 0.1) is 11.3 Å². The largest absolute Gasteiger partial charge is 0.477 e. The summed E-state index contributed by atoms with van der Waals surface area (Å²) in [4.78, 5) is 38.0. The van der Waals surface area contributed by atoms with Crippen LogP contribution in [-0.2, 0) is 17.5 Å². The molecule has 3 rings (SSSR count). The summed E-state index contributed by atoms with van der Waals surface area (Å²) >= 11 is 0. The molecule has 1 heterocycles. The van der Waals surface area contributed by atoms with Crippen LogP contribution >= 0.6 is 0 Å². The van der Waals surface area contributed by atoms with Gasteiger partial charge in [-0.15, -0.1) is 0 Å². The maximum Gasteiger partial charge on any atom is 0.418 e. The van der Waals surface area contributed by atoms with Crippen molar-refractivity contribution < 1.29 is 37.4 Å². The lowest BCUT2D eigenvalue weighted by molar-refractivity contribution is -0.136. The van der Waals surface area contributed by atoms with Crippen LogP contribution in [0.1, 0.15) is 28.5 Å². The number of ether oxygens (including phenoxy) is 1. The maximum atomic E-state index is 13.3. The van der Waals surface area contributed by atoms with Crippen LogP contribution in [0.4, 0.5) is 29.3 Å². The number of carboxylic acids is 1. The predicted octanol–water partition coefficient (Wildman–Crippen LogP) is 4.87. The van der Waals surface area contributed by atoms with E-state index in [0.29, 0.717) is 11.3 Å². The number of halogens is 3. The van der Waals surface area contributed by atoms with Crippen molar-refractivity contribution in [2.24, 2.45) is 0 Å². The molecule has 0 aliphatic carbocycles. The summed E-state index contributed by atoms with van der Waals surface area (Å²) in [5.74, 6) is -1.14. The number of rotatable bonds is 7. The van der Waals surface area contributed by atoms with Gasteiger partial charge in [0, 0.05) is 31.4 Å². The van der Waals surface area contributed by atoms with Gasteiger partial charge in [0.15, 0.2) is 5.69 Å². The van der Waals surface area contributed by atoms with Gasteiger partial charge in [0.2, 0.25) is 5.91 Å². The highest BCUT2D eigenvalue weighted by atomic mass is 19.4. The molecule has 0 bridgehead atoms. The summed E-state index contributed by atoms with van der Waals surface area (Å²) < 4.78 is 45.5. The molecule has 0 radical (unpaired) electrons. The van der Waals surface area contributed by atoms with Gasteiger partial charge in [-0.1, -0.05) is 12.1 Å². The van der Waals surface area contributed by atoms with E-state index in [1.807, 2.05) is 0 Å². The van der Waals surface area contributed by atoms with E-state index < -0.39 is 35.3 Å². The van der Waals surface area contributed by atoms with Gasteiger partial charge >= 0.3 is 18.2 Å². The number of benzene rings is 2. The van der Waals surface area contributed by atoms with Crippen molar-refractivity contribution >= 4 is 29.3 Å². The third kappa shape index (κ3) is 7.19. The molecular formula is C23H19F3N4O5. The number of carboxylic acid groups (broad SMARTS) is 1. The number of aromatic carboxylic acids is 1. The predicted molar refractivity (Wildman–Crippen MR) is 119 cm³/mol. The monoisotopic (exact) mass is 488 g/mol. The molecule has 4 N–H and O–H groups in total. The maximum absolute atomic E-state index is 13.3. The number of urea groups is 1. The van der Waals surface area contributed by atoms with Gasteiger partial charge in [-0.3, -0.25) is 4.79 Å². The smallest absolute Gasteiger partial charge is 0.418 e. The van der Waals surface area contributed by atoms with Crippen LogP contribution in [0.25, 0.3) is 0 Å². The minimum Gasteiger partial charge on any atom is -0.477 e. The molecular weight excluding hydrogens is 469 g/mol. The molecule has 1 aromatic heterocycles. The lowest BCUT2D eigenvalue weighted by Gasteiger charge is -2.15. The summed E-state index contributed by atoms with van der Waals surface area (Å²) in [5, 5.41) is 15.9. The molecule has 0 spiro atoms. The van der Waals surface area contributed by atoms with Crippen LogP contribution in [0.2, 0.25) is 0 Å². The average molecular weight is 488 g/mol. The van der Waals surface area contributed by atoms with Crippen LogP contribution in [0.5, 0.6) is 11.5 Å². The van der Waals surface area contributed by atoms with Crippen LogP contribution in [0.15, 0.2) is 60.8 Å². The lowest BCUT2D eigenvalue weighted by Crippen LogP contribution is -2.28. The lowest BCUT2D eigenvalue weighted by atomic mass is 10.1. The summed E-state index contributed by atoms with van der Waals surface area (Å²) in [6.07, 6.45) is -3.43. The Morgan fingerprint density at radius 3 is 2.31 bits per heavy atom. The van der Waals surface area contributed by atoms with Gasteiger partial charge in [0.1, 0.15) is 11.5 Å². The number of carbonyl (C=O) groups is 3. The molecule has 35 heavy (non-hydrogen) atoms. The topological polar surface area (TPSA) is 130 Å². The van der Waals surface area contributed by atoms with E-state index in [0.717, 1.165) is 19.1 Å². The number of pyridine rings is 1. The second kappa shape index (κ2) is 10.5. The second-order valence-electron chi connectivity index (χ2n) is 7.17. The van der Waals surface area contributed by atoms with E-state index >= 15 is 0 Å². The Hall–Kier alpha value is -4.61. The van der Waals surface area contributed by atoms with Crippen molar-refractivity contribution in [1.29, 1.82) is 0 Å². The van der Waals surface area contributed by atoms with Crippen molar-refractivity contribution in [2.75, 3.05) is 10.6 Å². The Balaban J connectivity index is 1.58. The Kier molecular flexibility index (Phi) is 7.54. The van der Waals surface area contributed by atoms with Crippen molar-refractivity contribution in [2.45, 2.75) is 19.6 Å². The molecule has 0 aliphatic heterocycles. The molecule has 3 aromatic rings. The number of hydrogen-bond donors (Lipinski definition) is 4. The van der Waals surface area contributed by atoms with E-state index in [4.69, 9.17) is 9.84 Å². The van der Waals surface area contributed by atoms with Gasteiger partial charge in [-0.25, -0.2) is 14.6 Å². The third-order valence-corrected chi connectivity index (χ3v) is 4.46. The second-order valence-corrected chi connectivity index (χ2v) is 7.17. The number of nitrogens with one attached hydrogen (secondary N) is 3. The van der Waals surface area contributed by atoms with Gasteiger partial charge in [-0.2, -0.15) is 13.2 Å². The zero-order chi connectivity index (χ0) is 25.6. The standard InChI is InChI=1S/C23H19F3N4O5/c1-13(31)29-19-7-4-15(10-18(19)23(24,25)26)30-22(34)28-12-14-2-5-16(6-3-14)35-17-8-9-27-20(11-17)21(32)33/h2-11H,12H2,1H3,(H,29,31)(H,32,33)(H2,28,30,34). The summed E-state index contributed by atoms with van der Waals surface area (Å²) in [5.41, 5.74) is -1.10.